The van der Waals surface area contributed by atoms with Crippen LogP contribution >= 0.6 is 0 Å². The van der Waals surface area contributed by atoms with Crippen LogP contribution in [0.5, 0.6) is 0 Å². The van der Waals surface area contributed by atoms with Crippen molar-refractivity contribution in [3.05, 3.63) is 64.2 Å². The molecule has 9 heteroatoms. The van der Waals surface area contributed by atoms with Crippen molar-refractivity contribution < 1.29 is 18.1 Å². The van der Waals surface area contributed by atoms with Crippen LogP contribution in [-0.4, -0.2) is 26.3 Å². The molecule has 0 atom stereocenters. The first-order valence-electron chi connectivity index (χ1n) is 6.43. The lowest BCUT2D eigenvalue weighted by Gasteiger charge is -2.08. The number of rotatable bonds is 5. The van der Waals surface area contributed by atoms with Gasteiger partial charge < -0.3 is 5.32 Å². The van der Waals surface area contributed by atoms with E-state index in [1.807, 2.05) is 0 Å². The number of anilines is 1. The van der Waals surface area contributed by atoms with Crippen LogP contribution in [0.4, 0.5) is 11.4 Å². The van der Waals surface area contributed by atoms with Gasteiger partial charge in [0.05, 0.1) is 9.82 Å². The molecule has 0 fully saturated rings. The second kappa shape index (κ2) is 6.44. The molecule has 0 aliphatic rings. The highest BCUT2D eigenvalue weighted by Crippen LogP contribution is 2.19. The number of hydrogen-bond acceptors (Lipinski definition) is 5. The molecular formula is C14H13N3O5S. The third-order valence-corrected chi connectivity index (χ3v) is 4.38. The molecule has 0 aliphatic carbocycles. The van der Waals surface area contributed by atoms with Gasteiger partial charge >= 0.3 is 0 Å². The van der Waals surface area contributed by atoms with Crippen molar-refractivity contribution in [1.82, 2.24) is 5.32 Å². The van der Waals surface area contributed by atoms with E-state index < -0.39 is 14.9 Å². The summed E-state index contributed by atoms with van der Waals surface area (Å²) in [6, 6.07) is 10.4. The molecule has 0 bridgehead atoms. The normalized spacial score (nSPS) is 10.8. The number of amides is 1. The largest absolute Gasteiger partial charge is 0.355 e. The summed E-state index contributed by atoms with van der Waals surface area (Å²) < 4.78 is 26.7. The molecule has 2 N–H and O–H groups in total. The van der Waals surface area contributed by atoms with E-state index in [4.69, 9.17) is 0 Å². The van der Waals surface area contributed by atoms with Crippen LogP contribution in [0.15, 0.2) is 53.4 Å². The van der Waals surface area contributed by atoms with Gasteiger partial charge in [-0.25, -0.2) is 8.42 Å². The summed E-state index contributed by atoms with van der Waals surface area (Å²) in [5.74, 6) is -0.283. The lowest BCUT2D eigenvalue weighted by molar-refractivity contribution is -0.384. The van der Waals surface area contributed by atoms with Gasteiger partial charge in [-0.15, -0.1) is 0 Å². The maximum atomic E-state index is 12.2. The first kappa shape index (κ1) is 16.4. The van der Waals surface area contributed by atoms with E-state index in [0.717, 1.165) is 24.3 Å². The van der Waals surface area contributed by atoms with E-state index >= 15 is 0 Å². The van der Waals surface area contributed by atoms with Crippen LogP contribution in [0.1, 0.15) is 10.4 Å². The zero-order valence-electron chi connectivity index (χ0n) is 12.0. The predicted molar refractivity (Wildman–Crippen MR) is 83.7 cm³/mol. The Kier molecular flexibility index (Phi) is 4.60. The highest BCUT2D eigenvalue weighted by molar-refractivity contribution is 7.92. The Bertz CT molecular complexity index is 830. The minimum absolute atomic E-state index is 0.0986. The number of nitro groups is 1. The van der Waals surface area contributed by atoms with Gasteiger partial charge in [-0.2, -0.15) is 0 Å². The number of carbonyl (C=O) groups is 1. The number of carbonyl (C=O) groups excluding carboxylic acids is 1. The molecule has 120 valence electrons. The number of hydrogen-bond donors (Lipinski definition) is 2. The number of sulfonamides is 1. The quantitative estimate of drug-likeness (QED) is 0.637. The summed E-state index contributed by atoms with van der Waals surface area (Å²) in [6.07, 6.45) is 0. The predicted octanol–water partition coefficient (Wildman–Crippen LogP) is 1.76. The zero-order chi connectivity index (χ0) is 17.0. The van der Waals surface area contributed by atoms with Crippen molar-refractivity contribution in [3.8, 4) is 0 Å². The average molecular weight is 335 g/mol. The molecular weight excluding hydrogens is 322 g/mol. The van der Waals surface area contributed by atoms with Crippen molar-refractivity contribution in [3.63, 3.8) is 0 Å². The molecule has 0 heterocycles. The Labute approximate surface area is 132 Å². The van der Waals surface area contributed by atoms with Gasteiger partial charge in [0.2, 0.25) is 0 Å². The Hall–Kier alpha value is -2.94. The fourth-order valence-corrected chi connectivity index (χ4v) is 2.85. The SMILES string of the molecule is CNC(=O)c1ccc(NS(=O)(=O)c2ccc([N+](=O)[O-])cc2)cc1. The number of nitrogens with zero attached hydrogens (tertiary/aromatic N) is 1. The summed E-state index contributed by atoms with van der Waals surface area (Å²) in [7, 11) is -2.37. The molecule has 2 rings (SSSR count). The summed E-state index contributed by atoms with van der Waals surface area (Å²) in [6.45, 7) is 0. The van der Waals surface area contributed by atoms with E-state index in [1.165, 1.54) is 31.3 Å². The van der Waals surface area contributed by atoms with E-state index in [0.29, 0.717) is 5.56 Å². The third kappa shape index (κ3) is 3.83. The molecule has 0 aromatic heterocycles. The summed E-state index contributed by atoms with van der Waals surface area (Å²) in [4.78, 5) is 21.3. The van der Waals surface area contributed by atoms with Crippen molar-refractivity contribution >= 4 is 27.3 Å². The molecule has 0 saturated heterocycles. The number of nitrogens with one attached hydrogen (secondary N) is 2. The van der Waals surface area contributed by atoms with Crippen molar-refractivity contribution in [2.45, 2.75) is 4.90 Å². The maximum Gasteiger partial charge on any atom is 0.269 e. The molecule has 0 aliphatic heterocycles. The maximum absolute atomic E-state index is 12.2. The molecule has 23 heavy (non-hydrogen) atoms. The lowest BCUT2D eigenvalue weighted by Crippen LogP contribution is -2.18. The minimum Gasteiger partial charge on any atom is -0.355 e. The number of non-ortho nitro benzene ring substituents is 1. The van der Waals surface area contributed by atoms with Gasteiger partial charge in [-0.3, -0.25) is 19.6 Å². The highest BCUT2D eigenvalue weighted by atomic mass is 32.2. The smallest absolute Gasteiger partial charge is 0.269 e. The monoisotopic (exact) mass is 335 g/mol. The van der Waals surface area contributed by atoms with Crippen LogP contribution in [0, 0.1) is 10.1 Å². The average Bonchev–Trinajstić information content (AvgIpc) is 2.54. The molecule has 0 spiro atoms. The molecule has 2 aromatic rings. The third-order valence-electron chi connectivity index (χ3n) is 2.98. The Morgan fingerprint density at radius 3 is 2.09 bits per heavy atom. The molecule has 2 aromatic carbocycles. The summed E-state index contributed by atoms with van der Waals surface area (Å²) in [5.41, 5.74) is 0.473. The van der Waals surface area contributed by atoms with Crippen molar-refractivity contribution in [2.75, 3.05) is 11.8 Å². The molecule has 0 saturated carbocycles. The van der Waals surface area contributed by atoms with Crippen LogP contribution < -0.4 is 10.0 Å². The zero-order valence-corrected chi connectivity index (χ0v) is 12.8. The second-order valence-corrected chi connectivity index (χ2v) is 6.20. The lowest BCUT2D eigenvalue weighted by atomic mass is 10.2. The van der Waals surface area contributed by atoms with Crippen molar-refractivity contribution in [1.29, 1.82) is 0 Å². The fourth-order valence-electron chi connectivity index (χ4n) is 1.80. The molecule has 1 amide bonds. The van der Waals surface area contributed by atoms with Gasteiger partial charge in [0.15, 0.2) is 0 Å². The second-order valence-electron chi connectivity index (χ2n) is 4.51. The van der Waals surface area contributed by atoms with Gasteiger partial charge in [-0.1, -0.05) is 0 Å². The van der Waals surface area contributed by atoms with E-state index in [-0.39, 0.29) is 22.2 Å². The number of nitro benzene ring substituents is 1. The van der Waals surface area contributed by atoms with Crippen LogP contribution in [0.2, 0.25) is 0 Å². The number of benzene rings is 2. The Morgan fingerprint density at radius 1 is 1.04 bits per heavy atom. The standard InChI is InChI=1S/C14H13N3O5S/c1-15-14(18)10-2-4-11(5-3-10)16-23(21,22)13-8-6-12(7-9-13)17(19)20/h2-9,16H,1H3,(H,15,18). The first-order chi connectivity index (χ1) is 10.8. The van der Waals surface area contributed by atoms with E-state index in [9.17, 15) is 23.3 Å². The van der Waals surface area contributed by atoms with Crippen LogP contribution in [-0.2, 0) is 10.0 Å². The Balaban J connectivity index is 2.20. The van der Waals surface area contributed by atoms with Crippen molar-refractivity contribution in [2.24, 2.45) is 0 Å². The Morgan fingerprint density at radius 2 is 1.61 bits per heavy atom. The first-order valence-corrected chi connectivity index (χ1v) is 7.91. The fraction of sp³-hybridized carbons (Fsp3) is 0.0714. The molecule has 8 nitrogen and oxygen atoms in total. The van der Waals surface area contributed by atoms with Crippen LogP contribution in [0.3, 0.4) is 0 Å². The molecule has 0 unspecified atom stereocenters. The highest BCUT2D eigenvalue weighted by Gasteiger charge is 2.16. The van der Waals surface area contributed by atoms with Gasteiger partial charge in [-0.05, 0) is 36.4 Å². The molecule has 0 radical (unpaired) electrons. The summed E-state index contributed by atoms with van der Waals surface area (Å²) >= 11 is 0. The van der Waals surface area contributed by atoms with E-state index in [2.05, 4.69) is 10.0 Å². The summed E-state index contributed by atoms with van der Waals surface area (Å²) in [5, 5.41) is 13.0. The van der Waals surface area contributed by atoms with E-state index in [1.54, 1.807) is 0 Å². The topological polar surface area (TPSA) is 118 Å². The van der Waals surface area contributed by atoms with Gasteiger partial charge in [0, 0.05) is 30.4 Å². The minimum atomic E-state index is -3.87. The van der Waals surface area contributed by atoms with Gasteiger partial charge in [0.1, 0.15) is 0 Å². The van der Waals surface area contributed by atoms with Crippen LogP contribution in [0.25, 0.3) is 0 Å². The van der Waals surface area contributed by atoms with Gasteiger partial charge in [0.25, 0.3) is 21.6 Å².